The van der Waals surface area contributed by atoms with E-state index in [1.54, 1.807) is 32.2 Å². The molecule has 3 heteroatoms. The van der Waals surface area contributed by atoms with Gasteiger partial charge in [-0.1, -0.05) is 6.08 Å². The summed E-state index contributed by atoms with van der Waals surface area (Å²) < 4.78 is 11.1. The molecule has 0 radical (unpaired) electrons. The van der Waals surface area contributed by atoms with Crippen molar-refractivity contribution in [3.8, 4) is 11.5 Å². The topological polar surface area (TPSA) is 35.5 Å². The van der Waals surface area contributed by atoms with Crippen molar-refractivity contribution in [2.45, 2.75) is 32.3 Å². The second-order valence-corrected chi connectivity index (χ2v) is 4.43. The zero-order chi connectivity index (χ0) is 13.0. The fourth-order valence-electron chi connectivity index (χ4n) is 2.06. The molecule has 0 N–H and O–H groups in total. The third-order valence-electron chi connectivity index (χ3n) is 3.06. The van der Waals surface area contributed by atoms with Crippen molar-refractivity contribution >= 4 is 5.78 Å². The van der Waals surface area contributed by atoms with Crippen molar-refractivity contribution in [3.05, 3.63) is 35.9 Å². The Bertz CT molecular complexity index is 463. The van der Waals surface area contributed by atoms with Crippen LogP contribution in [0.1, 0.15) is 36.5 Å². The van der Waals surface area contributed by atoms with E-state index in [0.29, 0.717) is 17.1 Å². The van der Waals surface area contributed by atoms with Gasteiger partial charge in [0, 0.05) is 6.07 Å². The lowest BCUT2D eigenvalue weighted by atomic mass is 10.0. The number of carbonyl (C=O) groups excluding carboxylic acids is 1. The van der Waals surface area contributed by atoms with Gasteiger partial charge < -0.3 is 9.47 Å². The number of methoxy groups -OCH3 is 1. The van der Waals surface area contributed by atoms with E-state index in [1.165, 1.54) is 0 Å². The van der Waals surface area contributed by atoms with Gasteiger partial charge in [-0.3, -0.25) is 4.79 Å². The van der Waals surface area contributed by atoms with Gasteiger partial charge in [0.2, 0.25) is 0 Å². The van der Waals surface area contributed by atoms with Gasteiger partial charge in [-0.05, 0) is 44.4 Å². The van der Waals surface area contributed by atoms with Gasteiger partial charge in [-0.15, -0.1) is 0 Å². The highest BCUT2D eigenvalue weighted by atomic mass is 16.5. The Kier molecular flexibility index (Phi) is 4.03. The number of ether oxygens (including phenoxy) is 2. The van der Waals surface area contributed by atoms with Crippen LogP contribution in [0.25, 0.3) is 0 Å². The first-order valence-electron chi connectivity index (χ1n) is 6.23. The minimum Gasteiger partial charge on any atom is -0.497 e. The molecular formula is C15H18O3. The Morgan fingerprint density at radius 1 is 1.39 bits per heavy atom. The van der Waals surface area contributed by atoms with E-state index in [9.17, 15) is 4.79 Å². The summed E-state index contributed by atoms with van der Waals surface area (Å²) in [7, 11) is 1.60. The minimum absolute atomic E-state index is 0.00689. The van der Waals surface area contributed by atoms with Crippen LogP contribution in [0.15, 0.2) is 30.4 Å². The van der Waals surface area contributed by atoms with Crippen LogP contribution < -0.4 is 9.47 Å². The molecule has 1 aromatic carbocycles. The number of hydrogen-bond acceptors (Lipinski definition) is 3. The van der Waals surface area contributed by atoms with E-state index in [0.717, 1.165) is 19.3 Å². The maximum atomic E-state index is 11.6. The highest BCUT2D eigenvalue weighted by Crippen LogP contribution is 2.28. The van der Waals surface area contributed by atoms with E-state index in [2.05, 4.69) is 12.2 Å². The Balaban J connectivity index is 2.25. The normalized spacial score (nSPS) is 18.4. The highest BCUT2D eigenvalue weighted by molar-refractivity contribution is 5.97. The number of ketones is 1. The van der Waals surface area contributed by atoms with E-state index < -0.39 is 0 Å². The molecule has 1 atom stereocenters. The molecule has 3 nitrogen and oxygen atoms in total. The fraction of sp³-hybridized carbons (Fsp3) is 0.400. The molecule has 1 aliphatic carbocycles. The number of hydrogen-bond donors (Lipinski definition) is 0. The smallest absolute Gasteiger partial charge is 0.163 e. The zero-order valence-electron chi connectivity index (χ0n) is 10.8. The summed E-state index contributed by atoms with van der Waals surface area (Å²) in [5.74, 6) is 1.32. The van der Waals surface area contributed by atoms with E-state index >= 15 is 0 Å². The second-order valence-electron chi connectivity index (χ2n) is 4.43. The number of Topliss-reactive ketones (excluding diaryl/α,β-unsaturated/α-hetero) is 1. The molecule has 0 saturated carbocycles. The molecule has 18 heavy (non-hydrogen) atoms. The maximum Gasteiger partial charge on any atom is 0.163 e. The molecule has 0 aliphatic heterocycles. The average molecular weight is 246 g/mol. The molecular weight excluding hydrogens is 228 g/mol. The van der Waals surface area contributed by atoms with Crippen molar-refractivity contribution < 1.29 is 14.3 Å². The van der Waals surface area contributed by atoms with Crippen LogP contribution in [0.5, 0.6) is 11.5 Å². The van der Waals surface area contributed by atoms with Gasteiger partial charge in [0.25, 0.3) is 0 Å². The van der Waals surface area contributed by atoms with Gasteiger partial charge >= 0.3 is 0 Å². The van der Waals surface area contributed by atoms with Crippen LogP contribution in [0, 0.1) is 0 Å². The Morgan fingerprint density at radius 2 is 2.22 bits per heavy atom. The first-order valence-corrected chi connectivity index (χ1v) is 6.23. The van der Waals surface area contributed by atoms with E-state index in [1.807, 2.05) is 0 Å². The predicted molar refractivity (Wildman–Crippen MR) is 70.4 cm³/mol. The Hall–Kier alpha value is -1.77. The monoisotopic (exact) mass is 246 g/mol. The summed E-state index contributed by atoms with van der Waals surface area (Å²) in [5.41, 5.74) is 0.606. The average Bonchev–Trinajstić information content (AvgIpc) is 2.39. The Labute approximate surface area is 107 Å². The molecule has 0 amide bonds. The molecule has 0 aromatic heterocycles. The maximum absolute atomic E-state index is 11.6. The number of rotatable bonds is 4. The summed E-state index contributed by atoms with van der Waals surface area (Å²) in [6.07, 6.45) is 7.47. The molecule has 0 fully saturated rings. The third kappa shape index (κ3) is 2.92. The van der Waals surface area contributed by atoms with Crippen molar-refractivity contribution in [1.29, 1.82) is 0 Å². The van der Waals surface area contributed by atoms with Crippen molar-refractivity contribution in [3.63, 3.8) is 0 Å². The van der Waals surface area contributed by atoms with Crippen LogP contribution in [0.2, 0.25) is 0 Å². The minimum atomic E-state index is 0.00689. The molecule has 0 saturated heterocycles. The molecule has 1 unspecified atom stereocenters. The standard InChI is InChI=1S/C15H18O3/c1-11(16)14-9-8-13(17-2)10-15(14)18-12-6-4-3-5-7-12/h4,6,8-10,12H,3,5,7H2,1-2H3. The number of carbonyl (C=O) groups is 1. The van der Waals surface area contributed by atoms with Crippen molar-refractivity contribution in [2.24, 2.45) is 0 Å². The van der Waals surface area contributed by atoms with Gasteiger partial charge in [-0.25, -0.2) is 0 Å². The molecule has 1 aromatic rings. The van der Waals surface area contributed by atoms with Crippen LogP contribution in [-0.4, -0.2) is 19.0 Å². The molecule has 0 heterocycles. The van der Waals surface area contributed by atoms with Crippen molar-refractivity contribution in [2.75, 3.05) is 7.11 Å². The van der Waals surface area contributed by atoms with Crippen molar-refractivity contribution in [1.82, 2.24) is 0 Å². The SMILES string of the molecule is COc1ccc(C(C)=O)c(OC2C=CCCC2)c1. The summed E-state index contributed by atoms with van der Waals surface area (Å²) in [6, 6.07) is 5.31. The van der Waals surface area contributed by atoms with Gasteiger partial charge in [0.15, 0.2) is 5.78 Å². The van der Waals surface area contributed by atoms with Gasteiger partial charge in [0.1, 0.15) is 17.6 Å². The fourth-order valence-corrected chi connectivity index (χ4v) is 2.06. The van der Waals surface area contributed by atoms with Crippen LogP contribution in [0.3, 0.4) is 0 Å². The summed E-state index contributed by atoms with van der Waals surface area (Å²) in [6.45, 7) is 1.55. The molecule has 0 bridgehead atoms. The van der Waals surface area contributed by atoms with Gasteiger partial charge in [-0.2, -0.15) is 0 Å². The van der Waals surface area contributed by atoms with E-state index in [-0.39, 0.29) is 11.9 Å². The largest absolute Gasteiger partial charge is 0.497 e. The van der Waals surface area contributed by atoms with Crippen LogP contribution >= 0.6 is 0 Å². The van der Waals surface area contributed by atoms with E-state index in [4.69, 9.17) is 9.47 Å². The molecule has 0 spiro atoms. The second kappa shape index (κ2) is 5.71. The lowest BCUT2D eigenvalue weighted by Crippen LogP contribution is -2.17. The Morgan fingerprint density at radius 3 is 2.83 bits per heavy atom. The molecule has 2 rings (SSSR count). The first-order chi connectivity index (χ1) is 8.70. The van der Waals surface area contributed by atoms with Crippen LogP contribution in [0.4, 0.5) is 0 Å². The number of allylic oxidation sites excluding steroid dienone is 1. The van der Waals surface area contributed by atoms with Gasteiger partial charge in [0.05, 0.1) is 12.7 Å². The summed E-state index contributed by atoms with van der Waals surface area (Å²) in [4.78, 5) is 11.6. The molecule has 96 valence electrons. The predicted octanol–water partition coefficient (Wildman–Crippen LogP) is 3.39. The zero-order valence-corrected chi connectivity index (χ0v) is 10.8. The third-order valence-corrected chi connectivity index (χ3v) is 3.06. The lowest BCUT2D eigenvalue weighted by molar-refractivity contribution is 0.101. The summed E-state index contributed by atoms with van der Waals surface area (Å²) >= 11 is 0. The molecule has 1 aliphatic rings. The quantitative estimate of drug-likeness (QED) is 0.603. The van der Waals surface area contributed by atoms with Crippen LogP contribution in [-0.2, 0) is 0 Å². The first kappa shape index (κ1) is 12.7. The number of benzene rings is 1. The summed E-state index contributed by atoms with van der Waals surface area (Å²) in [5, 5.41) is 0. The highest BCUT2D eigenvalue weighted by Gasteiger charge is 2.15. The lowest BCUT2D eigenvalue weighted by Gasteiger charge is -2.20.